The minimum atomic E-state index is -3.68. The van der Waals surface area contributed by atoms with Crippen LogP contribution in [0.3, 0.4) is 0 Å². The van der Waals surface area contributed by atoms with Gasteiger partial charge in [0.05, 0.1) is 24.1 Å². The Kier molecular flexibility index (Phi) is 6.39. The Morgan fingerprint density at radius 2 is 1.92 bits per heavy atom. The highest BCUT2D eigenvalue weighted by atomic mass is 32.2. The number of carbonyl (C=O) groups excluding carboxylic acids is 1. The lowest BCUT2D eigenvalue weighted by atomic mass is 10.1. The fourth-order valence-electron chi connectivity index (χ4n) is 2.30. The van der Waals surface area contributed by atoms with E-state index in [1.54, 1.807) is 37.3 Å². The number of methoxy groups -OCH3 is 1. The molecule has 2 aromatic rings. The van der Waals surface area contributed by atoms with Gasteiger partial charge in [-0.15, -0.1) is 0 Å². The lowest BCUT2D eigenvalue weighted by Crippen LogP contribution is -2.24. The smallest absolute Gasteiger partial charge is 0.252 e. The molecule has 0 heterocycles. The second kappa shape index (κ2) is 8.52. The van der Waals surface area contributed by atoms with E-state index in [0.29, 0.717) is 16.9 Å². The molecule has 0 aliphatic heterocycles. The van der Waals surface area contributed by atoms with Crippen molar-refractivity contribution >= 4 is 15.9 Å². The maximum absolute atomic E-state index is 12.3. The van der Waals surface area contributed by atoms with Crippen molar-refractivity contribution in [3.63, 3.8) is 0 Å². The molecule has 0 atom stereocenters. The van der Waals surface area contributed by atoms with Crippen LogP contribution in [0.1, 0.15) is 21.5 Å². The fraction of sp³-hybridized carbons (Fsp3) is 0.211. The molecule has 26 heavy (non-hydrogen) atoms. The van der Waals surface area contributed by atoms with Crippen LogP contribution in [0.15, 0.2) is 47.4 Å². The summed E-state index contributed by atoms with van der Waals surface area (Å²) >= 11 is 0. The Labute approximate surface area is 153 Å². The van der Waals surface area contributed by atoms with Gasteiger partial charge >= 0.3 is 0 Å². The Morgan fingerprint density at radius 1 is 1.19 bits per heavy atom. The monoisotopic (exact) mass is 372 g/mol. The molecule has 0 fully saturated rings. The van der Waals surface area contributed by atoms with Gasteiger partial charge in [-0.25, -0.2) is 8.42 Å². The van der Waals surface area contributed by atoms with Gasteiger partial charge in [-0.3, -0.25) is 4.79 Å². The zero-order valence-corrected chi connectivity index (χ0v) is 15.6. The molecule has 2 aromatic carbocycles. The summed E-state index contributed by atoms with van der Waals surface area (Å²) in [4.78, 5) is 11.9. The van der Waals surface area contributed by atoms with Gasteiger partial charge in [0.2, 0.25) is 10.0 Å². The predicted octanol–water partition coefficient (Wildman–Crippen LogP) is 1.69. The summed E-state index contributed by atoms with van der Waals surface area (Å²) in [6.45, 7) is 1.70. The van der Waals surface area contributed by atoms with E-state index in [1.807, 2.05) is 0 Å². The van der Waals surface area contributed by atoms with E-state index in [1.165, 1.54) is 26.3 Å². The molecule has 2 N–H and O–H groups in total. The topological polar surface area (TPSA) is 84.5 Å². The highest BCUT2D eigenvalue weighted by Crippen LogP contribution is 2.21. The largest absolute Gasteiger partial charge is 0.496 e. The summed E-state index contributed by atoms with van der Waals surface area (Å²) in [6.07, 6.45) is 0. The third-order valence-corrected chi connectivity index (χ3v) is 5.05. The molecule has 1 amide bonds. The van der Waals surface area contributed by atoms with Crippen LogP contribution in [-0.4, -0.2) is 35.0 Å². The van der Waals surface area contributed by atoms with E-state index in [9.17, 15) is 13.2 Å². The number of aryl methyl sites for hydroxylation is 1. The van der Waals surface area contributed by atoms with Gasteiger partial charge < -0.3 is 10.1 Å². The van der Waals surface area contributed by atoms with E-state index >= 15 is 0 Å². The number of benzene rings is 2. The van der Waals surface area contributed by atoms with Gasteiger partial charge in [0.1, 0.15) is 5.75 Å². The first kappa shape index (κ1) is 19.5. The first-order valence-corrected chi connectivity index (χ1v) is 9.31. The first-order chi connectivity index (χ1) is 12.4. The molecular weight excluding hydrogens is 352 g/mol. The van der Waals surface area contributed by atoms with E-state index in [4.69, 9.17) is 4.74 Å². The van der Waals surface area contributed by atoms with Crippen molar-refractivity contribution in [2.24, 2.45) is 0 Å². The number of hydrogen-bond donors (Lipinski definition) is 2. The van der Waals surface area contributed by atoms with Crippen LogP contribution in [0.5, 0.6) is 5.75 Å². The minimum Gasteiger partial charge on any atom is -0.496 e. The summed E-state index contributed by atoms with van der Waals surface area (Å²) in [5.74, 6) is 5.94. The van der Waals surface area contributed by atoms with Gasteiger partial charge in [-0.2, -0.15) is 4.72 Å². The molecule has 0 saturated heterocycles. The average Bonchev–Trinajstić information content (AvgIpc) is 2.64. The average molecular weight is 372 g/mol. The molecule has 0 bridgehead atoms. The molecular formula is C19H20N2O4S. The zero-order chi connectivity index (χ0) is 19.2. The number of carbonyl (C=O) groups is 1. The minimum absolute atomic E-state index is 0.0739. The van der Waals surface area contributed by atoms with Crippen LogP contribution in [0, 0.1) is 18.8 Å². The Balaban J connectivity index is 2.12. The van der Waals surface area contributed by atoms with Crippen molar-refractivity contribution < 1.29 is 17.9 Å². The van der Waals surface area contributed by atoms with E-state index in [-0.39, 0.29) is 17.3 Å². The zero-order valence-electron chi connectivity index (χ0n) is 14.8. The van der Waals surface area contributed by atoms with Crippen molar-refractivity contribution in [3.8, 4) is 17.6 Å². The molecule has 136 valence electrons. The molecule has 0 aromatic heterocycles. The van der Waals surface area contributed by atoms with Gasteiger partial charge in [0, 0.05) is 12.6 Å². The summed E-state index contributed by atoms with van der Waals surface area (Å²) in [5.41, 5.74) is 1.70. The number of hydrogen-bond acceptors (Lipinski definition) is 4. The van der Waals surface area contributed by atoms with Gasteiger partial charge in [-0.1, -0.05) is 24.0 Å². The van der Waals surface area contributed by atoms with Crippen LogP contribution in [0.25, 0.3) is 0 Å². The van der Waals surface area contributed by atoms with Gasteiger partial charge in [-0.05, 0) is 42.8 Å². The van der Waals surface area contributed by atoms with Crippen LogP contribution in [0.2, 0.25) is 0 Å². The number of amides is 1. The summed E-state index contributed by atoms with van der Waals surface area (Å²) < 4.78 is 32.2. The van der Waals surface area contributed by atoms with Crippen LogP contribution >= 0.6 is 0 Å². The number of ether oxygens (including phenoxy) is 1. The molecule has 7 heteroatoms. The van der Waals surface area contributed by atoms with Crippen molar-refractivity contribution in [3.05, 3.63) is 59.2 Å². The van der Waals surface area contributed by atoms with Crippen molar-refractivity contribution in [1.82, 2.24) is 10.0 Å². The standard InChI is InChI=1S/C19H20N2O4S/c1-14-13-16(10-11-18(14)25-3)26(23,24)21-12-6-8-15-7-4-5-9-17(15)19(22)20-2/h4-5,7,9-11,13,21H,12H2,1-3H3,(H,20,22). The quantitative estimate of drug-likeness (QED) is 0.783. The summed E-state index contributed by atoms with van der Waals surface area (Å²) in [6, 6.07) is 11.5. The first-order valence-electron chi connectivity index (χ1n) is 7.83. The number of sulfonamides is 1. The van der Waals surface area contributed by atoms with Crippen LogP contribution in [0.4, 0.5) is 0 Å². The SMILES string of the molecule is CNC(=O)c1ccccc1C#CCNS(=O)(=O)c1ccc(OC)c(C)c1. The number of rotatable bonds is 5. The predicted molar refractivity (Wildman–Crippen MR) is 99.6 cm³/mol. The third-order valence-electron chi connectivity index (χ3n) is 3.65. The summed E-state index contributed by atoms with van der Waals surface area (Å²) in [5, 5.41) is 2.54. The lowest BCUT2D eigenvalue weighted by molar-refractivity contribution is 0.0963. The second-order valence-corrected chi connectivity index (χ2v) is 7.15. The Morgan fingerprint density at radius 3 is 2.58 bits per heavy atom. The van der Waals surface area contributed by atoms with Gasteiger partial charge in [0.25, 0.3) is 5.91 Å². The van der Waals surface area contributed by atoms with Gasteiger partial charge in [0.15, 0.2) is 0 Å². The van der Waals surface area contributed by atoms with Crippen LogP contribution < -0.4 is 14.8 Å². The second-order valence-electron chi connectivity index (χ2n) is 5.38. The molecule has 0 radical (unpaired) electrons. The van der Waals surface area contributed by atoms with Crippen LogP contribution in [-0.2, 0) is 10.0 Å². The molecule has 0 spiro atoms. The van der Waals surface area contributed by atoms with Crippen molar-refractivity contribution in [2.75, 3.05) is 20.7 Å². The molecule has 0 aliphatic rings. The molecule has 0 unspecified atom stereocenters. The molecule has 6 nitrogen and oxygen atoms in total. The van der Waals surface area contributed by atoms with Crippen molar-refractivity contribution in [1.29, 1.82) is 0 Å². The normalized spacial score (nSPS) is 10.6. The maximum Gasteiger partial charge on any atom is 0.252 e. The fourth-order valence-corrected chi connectivity index (χ4v) is 3.30. The highest BCUT2D eigenvalue weighted by Gasteiger charge is 2.14. The van der Waals surface area contributed by atoms with E-state index in [2.05, 4.69) is 21.9 Å². The van der Waals surface area contributed by atoms with Crippen molar-refractivity contribution in [2.45, 2.75) is 11.8 Å². The Bertz CT molecular complexity index is 973. The molecule has 0 aliphatic carbocycles. The van der Waals surface area contributed by atoms with E-state index < -0.39 is 10.0 Å². The highest BCUT2D eigenvalue weighted by molar-refractivity contribution is 7.89. The Hall–Kier alpha value is -2.82. The van der Waals surface area contributed by atoms with E-state index in [0.717, 1.165) is 5.56 Å². The lowest BCUT2D eigenvalue weighted by Gasteiger charge is -2.08. The molecule has 0 saturated carbocycles. The maximum atomic E-state index is 12.3. The molecule has 2 rings (SSSR count). The summed E-state index contributed by atoms with van der Waals surface area (Å²) in [7, 11) is -0.613. The number of nitrogens with one attached hydrogen (secondary N) is 2. The third kappa shape index (κ3) is 4.63.